The first-order valence-corrected chi connectivity index (χ1v) is 9.23. The van der Waals surface area contributed by atoms with Crippen LogP contribution in [0.5, 0.6) is 0 Å². The minimum atomic E-state index is 0.693. The molecule has 0 radical (unpaired) electrons. The van der Waals surface area contributed by atoms with Gasteiger partial charge in [0.05, 0.1) is 23.4 Å². The lowest BCUT2D eigenvalue weighted by atomic mass is 10.1. The van der Waals surface area contributed by atoms with Gasteiger partial charge < -0.3 is 4.57 Å². The van der Waals surface area contributed by atoms with Crippen molar-refractivity contribution in [3.05, 3.63) is 82.3 Å². The standard InChI is InChI=1S/C19H13Cl2N3S/c20-15-5-1-13(2-6-15)18-19(14-3-7-16(21)8-4-14)25-17(23-18)11-24-10-9-22-12-24/h1-10,12H,11H2. The van der Waals surface area contributed by atoms with Crippen molar-refractivity contribution in [3.63, 3.8) is 0 Å². The normalized spacial score (nSPS) is 11.0. The highest BCUT2D eigenvalue weighted by Crippen LogP contribution is 2.37. The number of nitrogens with zero attached hydrogens (tertiary/aromatic N) is 3. The molecular formula is C19H13Cl2N3S. The Morgan fingerprint density at radius 3 is 2.12 bits per heavy atom. The van der Waals surface area contributed by atoms with Gasteiger partial charge in [0.15, 0.2) is 0 Å². The Balaban J connectivity index is 1.80. The van der Waals surface area contributed by atoms with E-state index in [9.17, 15) is 0 Å². The second-order valence-electron chi connectivity index (χ2n) is 5.53. The van der Waals surface area contributed by atoms with Crippen LogP contribution in [0.4, 0.5) is 0 Å². The predicted molar refractivity (Wildman–Crippen MR) is 104 cm³/mol. The van der Waals surface area contributed by atoms with Crippen LogP contribution >= 0.6 is 34.5 Å². The maximum Gasteiger partial charge on any atom is 0.114 e. The molecule has 2 aromatic heterocycles. The van der Waals surface area contributed by atoms with Crippen molar-refractivity contribution in [1.29, 1.82) is 0 Å². The lowest BCUT2D eigenvalue weighted by Crippen LogP contribution is -1.95. The van der Waals surface area contributed by atoms with Gasteiger partial charge in [-0.3, -0.25) is 0 Å². The molecule has 0 N–H and O–H groups in total. The van der Waals surface area contributed by atoms with Gasteiger partial charge in [0.2, 0.25) is 0 Å². The Morgan fingerprint density at radius 1 is 0.880 bits per heavy atom. The van der Waals surface area contributed by atoms with Crippen molar-refractivity contribution in [1.82, 2.24) is 14.5 Å². The van der Waals surface area contributed by atoms with Gasteiger partial charge in [-0.2, -0.15) is 0 Å². The molecule has 0 fully saturated rings. The molecule has 0 atom stereocenters. The lowest BCUT2D eigenvalue weighted by molar-refractivity contribution is 0.791. The first kappa shape index (κ1) is 16.3. The molecule has 0 aliphatic carbocycles. The van der Waals surface area contributed by atoms with Crippen LogP contribution in [0.3, 0.4) is 0 Å². The van der Waals surface area contributed by atoms with Crippen molar-refractivity contribution in [3.8, 4) is 21.7 Å². The summed E-state index contributed by atoms with van der Waals surface area (Å²) in [6.45, 7) is 0.693. The van der Waals surface area contributed by atoms with E-state index in [1.54, 1.807) is 23.9 Å². The highest BCUT2D eigenvalue weighted by atomic mass is 35.5. The van der Waals surface area contributed by atoms with E-state index < -0.39 is 0 Å². The molecule has 0 aliphatic rings. The van der Waals surface area contributed by atoms with Crippen molar-refractivity contribution in [2.45, 2.75) is 6.54 Å². The van der Waals surface area contributed by atoms with Gasteiger partial charge in [-0.1, -0.05) is 47.5 Å². The smallest absolute Gasteiger partial charge is 0.114 e. The third kappa shape index (κ3) is 3.61. The fourth-order valence-electron chi connectivity index (χ4n) is 2.57. The molecular weight excluding hydrogens is 373 g/mol. The molecule has 0 unspecified atom stereocenters. The Labute approximate surface area is 159 Å². The van der Waals surface area contributed by atoms with Gasteiger partial charge in [0, 0.05) is 28.0 Å². The first-order valence-electron chi connectivity index (χ1n) is 7.66. The zero-order valence-corrected chi connectivity index (χ0v) is 15.4. The monoisotopic (exact) mass is 385 g/mol. The van der Waals surface area contributed by atoms with Crippen LogP contribution in [0, 0.1) is 0 Å². The van der Waals surface area contributed by atoms with Gasteiger partial charge >= 0.3 is 0 Å². The molecule has 0 saturated carbocycles. The summed E-state index contributed by atoms with van der Waals surface area (Å²) in [7, 11) is 0. The molecule has 25 heavy (non-hydrogen) atoms. The maximum absolute atomic E-state index is 6.04. The highest BCUT2D eigenvalue weighted by Gasteiger charge is 2.15. The summed E-state index contributed by atoms with van der Waals surface area (Å²) in [4.78, 5) is 10.1. The van der Waals surface area contributed by atoms with Gasteiger partial charge in [0.1, 0.15) is 5.01 Å². The van der Waals surface area contributed by atoms with Gasteiger partial charge in [0.25, 0.3) is 0 Å². The third-order valence-electron chi connectivity index (χ3n) is 3.77. The third-order valence-corrected chi connectivity index (χ3v) is 5.37. The Morgan fingerprint density at radius 2 is 1.52 bits per heavy atom. The zero-order valence-electron chi connectivity index (χ0n) is 13.1. The molecule has 6 heteroatoms. The number of benzene rings is 2. The second kappa shape index (κ2) is 7.00. The van der Waals surface area contributed by atoms with Crippen molar-refractivity contribution in [2.75, 3.05) is 0 Å². The van der Waals surface area contributed by atoms with E-state index in [2.05, 4.69) is 4.98 Å². The summed E-state index contributed by atoms with van der Waals surface area (Å²) in [5, 5.41) is 2.46. The molecule has 0 spiro atoms. The first-order chi connectivity index (χ1) is 12.2. The van der Waals surface area contributed by atoms with Crippen LogP contribution in [-0.4, -0.2) is 14.5 Å². The van der Waals surface area contributed by atoms with Crippen LogP contribution in [0.25, 0.3) is 21.7 Å². The quantitative estimate of drug-likeness (QED) is 0.429. The number of aromatic nitrogens is 3. The van der Waals surface area contributed by atoms with Crippen LogP contribution < -0.4 is 0 Å². The number of hydrogen-bond acceptors (Lipinski definition) is 3. The second-order valence-corrected chi connectivity index (χ2v) is 7.49. The Kier molecular flexibility index (Phi) is 4.57. The minimum absolute atomic E-state index is 0.693. The lowest BCUT2D eigenvalue weighted by Gasteiger charge is -2.03. The average molecular weight is 386 g/mol. The number of rotatable bonds is 4. The Hall–Kier alpha value is -2.14. The molecule has 4 rings (SSSR count). The number of hydrogen-bond donors (Lipinski definition) is 0. The molecule has 124 valence electrons. The average Bonchev–Trinajstić information content (AvgIpc) is 3.27. The van der Waals surface area contributed by atoms with Gasteiger partial charge in [-0.05, 0) is 29.8 Å². The van der Waals surface area contributed by atoms with Crippen LogP contribution in [0.2, 0.25) is 10.0 Å². The fraction of sp³-hybridized carbons (Fsp3) is 0.0526. The molecule has 2 heterocycles. The summed E-state index contributed by atoms with van der Waals surface area (Å²) < 4.78 is 2.01. The zero-order chi connectivity index (χ0) is 17.2. The maximum atomic E-state index is 6.04. The number of thiazole rings is 1. The van der Waals surface area contributed by atoms with Gasteiger partial charge in [-0.25, -0.2) is 9.97 Å². The Bertz CT molecular complexity index is 912. The molecule has 3 nitrogen and oxygen atoms in total. The molecule has 0 aliphatic heterocycles. The van der Waals surface area contributed by atoms with E-state index in [4.69, 9.17) is 28.2 Å². The van der Waals surface area contributed by atoms with Crippen molar-refractivity contribution < 1.29 is 0 Å². The molecule has 0 bridgehead atoms. The van der Waals surface area contributed by atoms with E-state index in [-0.39, 0.29) is 0 Å². The molecule has 2 aromatic carbocycles. The van der Waals surface area contributed by atoms with E-state index in [1.807, 2.05) is 59.3 Å². The summed E-state index contributed by atoms with van der Waals surface area (Å²) in [6, 6.07) is 15.6. The summed E-state index contributed by atoms with van der Waals surface area (Å²) >= 11 is 13.7. The largest absolute Gasteiger partial charge is 0.331 e. The minimum Gasteiger partial charge on any atom is -0.331 e. The summed E-state index contributed by atoms with van der Waals surface area (Å²) in [5.41, 5.74) is 3.10. The topological polar surface area (TPSA) is 30.7 Å². The van der Waals surface area contributed by atoms with Crippen LogP contribution in [-0.2, 0) is 6.54 Å². The van der Waals surface area contributed by atoms with E-state index in [0.29, 0.717) is 11.6 Å². The number of imidazole rings is 1. The van der Waals surface area contributed by atoms with E-state index in [0.717, 1.165) is 31.7 Å². The van der Waals surface area contributed by atoms with Crippen molar-refractivity contribution >= 4 is 34.5 Å². The fourth-order valence-corrected chi connectivity index (χ4v) is 3.92. The molecule has 0 amide bonds. The highest BCUT2D eigenvalue weighted by molar-refractivity contribution is 7.15. The number of halogens is 2. The van der Waals surface area contributed by atoms with Gasteiger partial charge in [-0.15, -0.1) is 11.3 Å². The van der Waals surface area contributed by atoms with E-state index in [1.165, 1.54) is 0 Å². The summed E-state index contributed by atoms with van der Waals surface area (Å²) in [5.74, 6) is 0. The summed E-state index contributed by atoms with van der Waals surface area (Å²) in [6.07, 6.45) is 5.50. The molecule has 0 saturated heterocycles. The van der Waals surface area contributed by atoms with Crippen LogP contribution in [0.1, 0.15) is 5.01 Å². The SMILES string of the molecule is Clc1ccc(-c2nc(Cn3ccnc3)sc2-c2ccc(Cl)cc2)cc1. The molecule has 4 aromatic rings. The predicted octanol–water partition coefficient (Wildman–Crippen LogP) is 6.03. The van der Waals surface area contributed by atoms with E-state index >= 15 is 0 Å². The van der Waals surface area contributed by atoms with Crippen molar-refractivity contribution in [2.24, 2.45) is 0 Å². The van der Waals surface area contributed by atoms with Crippen LogP contribution in [0.15, 0.2) is 67.3 Å².